The number of carbonyl (C=O) groups is 4. The van der Waals surface area contributed by atoms with Crippen LogP contribution in [0, 0.1) is 5.82 Å². The molecule has 0 bridgehead atoms. The summed E-state index contributed by atoms with van der Waals surface area (Å²) in [5.41, 5.74) is 0.0865. The first kappa shape index (κ1) is 15.6. The molecule has 1 fully saturated rings. The lowest BCUT2D eigenvalue weighted by Crippen LogP contribution is -2.35. The first-order valence-electron chi connectivity index (χ1n) is 6.56. The standard InChI is InChI=1S/C14H13FN2O5/c1-2-22-11(18)7-8-16-12(19)13(20)17(14(16)21)10-5-3-9(15)4-6-10/h3-6H,2,7-8H2,1H3. The molecule has 0 aliphatic carbocycles. The monoisotopic (exact) mass is 308 g/mol. The number of esters is 1. The maximum atomic E-state index is 12.9. The molecule has 1 aliphatic rings. The summed E-state index contributed by atoms with van der Waals surface area (Å²) in [6, 6.07) is 3.70. The van der Waals surface area contributed by atoms with Gasteiger partial charge in [0.2, 0.25) is 0 Å². The zero-order valence-electron chi connectivity index (χ0n) is 11.7. The highest BCUT2D eigenvalue weighted by atomic mass is 19.1. The summed E-state index contributed by atoms with van der Waals surface area (Å²) in [7, 11) is 0. The molecule has 1 aliphatic heterocycles. The van der Waals surface area contributed by atoms with E-state index in [1.165, 1.54) is 12.1 Å². The van der Waals surface area contributed by atoms with E-state index in [0.29, 0.717) is 9.80 Å². The van der Waals surface area contributed by atoms with E-state index in [9.17, 15) is 23.6 Å². The Bertz CT molecular complexity index is 629. The van der Waals surface area contributed by atoms with Gasteiger partial charge in [-0.05, 0) is 31.2 Å². The fourth-order valence-electron chi connectivity index (χ4n) is 1.96. The first-order valence-corrected chi connectivity index (χ1v) is 6.56. The van der Waals surface area contributed by atoms with Crippen LogP contribution >= 0.6 is 0 Å². The van der Waals surface area contributed by atoms with Crippen LogP contribution < -0.4 is 4.90 Å². The van der Waals surface area contributed by atoms with Crippen molar-refractivity contribution in [3.63, 3.8) is 0 Å². The fourth-order valence-corrected chi connectivity index (χ4v) is 1.96. The van der Waals surface area contributed by atoms with Gasteiger partial charge in [0.25, 0.3) is 0 Å². The van der Waals surface area contributed by atoms with Gasteiger partial charge in [0, 0.05) is 6.54 Å². The van der Waals surface area contributed by atoms with Crippen LogP contribution in [0.25, 0.3) is 0 Å². The van der Waals surface area contributed by atoms with E-state index in [1.54, 1.807) is 6.92 Å². The SMILES string of the molecule is CCOC(=O)CCN1C(=O)C(=O)N(c2ccc(F)cc2)C1=O. The average molecular weight is 308 g/mol. The van der Waals surface area contributed by atoms with Gasteiger partial charge in [-0.2, -0.15) is 0 Å². The zero-order chi connectivity index (χ0) is 16.3. The van der Waals surface area contributed by atoms with E-state index in [1.807, 2.05) is 0 Å². The third kappa shape index (κ3) is 2.95. The van der Waals surface area contributed by atoms with Gasteiger partial charge in [-0.3, -0.25) is 19.3 Å². The van der Waals surface area contributed by atoms with Crippen molar-refractivity contribution in [3.05, 3.63) is 30.1 Å². The molecule has 0 unspecified atom stereocenters. The zero-order valence-corrected chi connectivity index (χ0v) is 11.7. The van der Waals surface area contributed by atoms with Crippen molar-refractivity contribution in [2.24, 2.45) is 0 Å². The normalized spacial score (nSPS) is 14.7. The van der Waals surface area contributed by atoms with E-state index in [0.717, 1.165) is 12.1 Å². The maximum absolute atomic E-state index is 12.9. The number of anilines is 1. The lowest BCUT2D eigenvalue weighted by molar-refractivity contribution is -0.144. The molecule has 1 saturated heterocycles. The van der Waals surface area contributed by atoms with Crippen LogP contribution in [0.1, 0.15) is 13.3 Å². The average Bonchev–Trinajstić information content (AvgIpc) is 2.69. The molecule has 1 heterocycles. The molecule has 0 radical (unpaired) electrons. The highest BCUT2D eigenvalue weighted by Gasteiger charge is 2.45. The van der Waals surface area contributed by atoms with Gasteiger partial charge < -0.3 is 4.74 Å². The Labute approximate surface area is 125 Å². The molecule has 1 aromatic rings. The van der Waals surface area contributed by atoms with E-state index in [4.69, 9.17) is 4.74 Å². The Kier molecular flexibility index (Phi) is 4.50. The largest absolute Gasteiger partial charge is 0.466 e. The number of amides is 4. The molecule has 1 aromatic carbocycles. The number of rotatable bonds is 5. The van der Waals surface area contributed by atoms with Gasteiger partial charge in [-0.25, -0.2) is 14.1 Å². The minimum atomic E-state index is -1.04. The first-order chi connectivity index (χ1) is 10.5. The third-order valence-corrected chi connectivity index (χ3v) is 2.98. The van der Waals surface area contributed by atoms with Crippen LogP contribution in [0.3, 0.4) is 0 Å². The molecule has 0 N–H and O–H groups in total. The van der Waals surface area contributed by atoms with Crippen molar-refractivity contribution < 1.29 is 28.3 Å². The third-order valence-electron chi connectivity index (χ3n) is 2.98. The second kappa shape index (κ2) is 6.33. The lowest BCUT2D eigenvalue weighted by atomic mass is 10.3. The van der Waals surface area contributed by atoms with Crippen molar-refractivity contribution >= 4 is 29.5 Å². The molecular weight excluding hydrogens is 295 g/mol. The molecule has 22 heavy (non-hydrogen) atoms. The number of ether oxygens (including phenoxy) is 1. The summed E-state index contributed by atoms with van der Waals surface area (Å²) < 4.78 is 17.6. The second-order valence-corrected chi connectivity index (χ2v) is 4.41. The number of benzene rings is 1. The van der Waals surface area contributed by atoms with Crippen molar-refractivity contribution in [2.75, 3.05) is 18.1 Å². The van der Waals surface area contributed by atoms with Crippen molar-refractivity contribution in [1.82, 2.24) is 4.90 Å². The molecular formula is C14H13FN2O5. The number of urea groups is 1. The number of imide groups is 2. The highest BCUT2D eigenvalue weighted by molar-refractivity contribution is 6.52. The van der Waals surface area contributed by atoms with Crippen molar-refractivity contribution in [1.29, 1.82) is 0 Å². The number of nitrogens with zero attached hydrogens (tertiary/aromatic N) is 2. The van der Waals surface area contributed by atoms with E-state index < -0.39 is 29.6 Å². The second-order valence-electron chi connectivity index (χ2n) is 4.41. The van der Waals surface area contributed by atoms with Crippen LogP contribution in [0.15, 0.2) is 24.3 Å². The van der Waals surface area contributed by atoms with Crippen molar-refractivity contribution in [2.45, 2.75) is 13.3 Å². The Morgan fingerprint density at radius 1 is 1.14 bits per heavy atom. The van der Waals surface area contributed by atoms with E-state index in [-0.39, 0.29) is 25.3 Å². The van der Waals surface area contributed by atoms with Gasteiger partial charge in [0.1, 0.15) is 5.82 Å². The molecule has 7 nitrogen and oxygen atoms in total. The summed E-state index contributed by atoms with van der Waals surface area (Å²) >= 11 is 0. The Morgan fingerprint density at radius 2 is 1.77 bits per heavy atom. The predicted molar refractivity (Wildman–Crippen MR) is 72.2 cm³/mol. The molecule has 116 valence electrons. The van der Waals surface area contributed by atoms with Crippen LogP contribution in [-0.4, -0.2) is 41.9 Å². The number of halogens is 1. The fraction of sp³-hybridized carbons (Fsp3) is 0.286. The smallest absolute Gasteiger partial charge is 0.338 e. The Balaban J connectivity index is 2.14. The van der Waals surface area contributed by atoms with E-state index >= 15 is 0 Å². The van der Waals surface area contributed by atoms with Crippen LogP contribution in [0.5, 0.6) is 0 Å². The molecule has 0 atom stereocenters. The molecule has 0 spiro atoms. The summed E-state index contributed by atoms with van der Waals surface area (Å²) in [4.78, 5) is 48.4. The molecule has 4 amide bonds. The Morgan fingerprint density at radius 3 is 2.36 bits per heavy atom. The Hall–Kier alpha value is -2.77. The summed E-state index contributed by atoms with van der Waals surface area (Å²) in [6.07, 6.45) is -0.199. The van der Waals surface area contributed by atoms with Crippen LogP contribution in [-0.2, 0) is 19.1 Å². The van der Waals surface area contributed by atoms with E-state index in [2.05, 4.69) is 0 Å². The molecule has 2 rings (SSSR count). The topological polar surface area (TPSA) is 84.0 Å². The van der Waals surface area contributed by atoms with Crippen molar-refractivity contribution in [3.8, 4) is 0 Å². The highest BCUT2D eigenvalue weighted by Crippen LogP contribution is 2.22. The van der Waals surface area contributed by atoms with Gasteiger partial charge >= 0.3 is 23.8 Å². The van der Waals surface area contributed by atoms with Gasteiger partial charge in [0.15, 0.2) is 0 Å². The van der Waals surface area contributed by atoms with Gasteiger partial charge in [-0.15, -0.1) is 0 Å². The minimum Gasteiger partial charge on any atom is -0.466 e. The van der Waals surface area contributed by atoms with Gasteiger partial charge in [-0.1, -0.05) is 0 Å². The van der Waals surface area contributed by atoms with Crippen LogP contribution in [0.4, 0.5) is 14.9 Å². The molecule has 0 aromatic heterocycles. The quantitative estimate of drug-likeness (QED) is 0.461. The molecule has 8 heteroatoms. The number of carbonyl (C=O) groups excluding carboxylic acids is 4. The summed E-state index contributed by atoms with van der Waals surface area (Å²) in [6.45, 7) is 1.56. The predicted octanol–water partition coefficient (Wildman–Crippen LogP) is 1.07. The summed E-state index contributed by atoms with van der Waals surface area (Å²) in [5, 5.41) is 0. The number of hydrogen-bond donors (Lipinski definition) is 0. The maximum Gasteiger partial charge on any atom is 0.338 e. The summed E-state index contributed by atoms with van der Waals surface area (Å²) in [5.74, 6) is -3.18. The number of hydrogen-bond acceptors (Lipinski definition) is 5. The van der Waals surface area contributed by atoms with Gasteiger partial charge in [0.05, 0.1) is 18.7 Å². The minimum absolute atomic E-state index is 0.0865. The van der Waals surface area contributed by atoms with Crippen LogP contribution in [0.2, 0.25) is 0 Å². The lowest BCUT2D eigenvalue weighted by Gasteiger charge is -2.15. The molecule has 0 saturated carbocycles.